The fourth-order valence-corrected chi connectivity index (χ4v) is 2.74. The molecule has 7 nitrogen and oxygen atoms in total. The zero-order valence-electron chi connectivity index (χ0n) is 13.1. The van der Waals surface area contributed by atoms with Gasteiger partial charge in [0.25, 0.3) is 5.91 Å². The number of nitrogens with zero attached hydrogens (tertiary/aromatic N) is 1. The molecule has 1 aliphatic rings. The Morgan fingerprint density at radius 2 is 2.04 bits per heavy atom. The number of hydrogen-bond acceptors (Lipinski definition) is 4. The standard InChI is InChI=1S/C15H20BrN3O4/c1-9(2)19-8-10(7-13(19)20)14(21)17-5-6-18-15(22)11-3-4-12(16)23-11/h3-4,9-10H,5-8H2,1-2H3,(H,17,21)(H,18,22). The highest BCUT2D eigenvalue weighted by Gasteiger charge is 2.35. The minimum Gasteiger partial charge on any atom is -0.444 e. The third-order valence-electron chi connectivity index (χ3n) is 3.66. The highest BCUT2D eigenvalue weighted by molar-refractivity contribution is 9.10. The van der Waals surface area contributed by atoms with Gasteiger partial charge in [-0.2, -0.15) is 0 Å². The summed E-state index contributed by atoms with van der Waals surface area (Å²) in [6.45, 7) is 4.91. The Morgan fingerprint density at radius 3 is 2.61 bits per heavy atom. The Hall–Kier alpha value is -1.83. The molecule has 1 aromatic heterocycles. The quantitative estimate of drug-likeness (QED) is 0.718. The molecule has 1 aromatic rings. The second-order valence-electron chi connectivity index (χ2n) is 5.69. The van der Waals surface area contributed by atoms with E-state index in [1.165, 1.54) is 0 Å². The first-order valence-corrected chi connectivity index (χ1v) is 8.28. The topological polar surface area (TPSA) is 91.7 Å². The van der Waals surface area contributed by atoms with E-state index in [2.05, 4.69) is 26.6 Å². The van der Waals surface area contributed by atoms with Gasteiger partial charge in [0.2, 0.25) is 11.8 Å². The molecule has 2 rings (SSSR count). The van der Waals surface area contributed by atoms with E-state index in [1.54, 1.807) is 17.0 Å². The van der Waals surface area contributed by atoms with E-state index in [0.29, 0.717) is 17.8 Å². The smallest absolute Gasteiger partial charge is 0.287 e. The maximum absolute atomic E-state index is 12.0. The number of nitrogens with one attached hydrogen (secondary N) is 2. The van der Waals surface area contributed by atoms with Crippen molar-refractivity contribution in [1.82, 2.24) is 15.5 Å². The van der Waals surface area contributed by atoms with Crippen LogP contribution in [-0.4, -0.2) is 48.3 Å². The lowest BCUT2D eigenvalue weighted by Gasteiger charge is -2.20. The summed E-state index contributed by atoms with van der Waals surface area (Å²) in [5, 5.41) is 5.39. The van der Waals surface area contributed by atoms with Crippen molar-refractivity contribution in [3.8, 4) is 0 Å². The summed E-state index contributed by atoms with van der Waals surface area (Å²) in [4.78, 5) is 37.3. The fraction of sp³-hybridized carbons (Fsp3) is 0.533. The predicted molar refractivity (Wildman–Crippen MR) is 86.7 cm³/mol. The molecule has 0 radical (unpaired) electrons. The van der Waals surface area contributed by atoms with Gasteiger partial charge >= 0.3 is 0 Å². The van der Waals surface area contributed by atoms with Crippen molar-refractivity contribution < 1.29 is 18.8 Å². The van der Waals surface area contributed by atoms with Crippen LogP contribution in [0.3, 0.4) is 0 Å². The van der Waals surface area contributed by atoms with Crippen molar-refractivity contribution in [1.29, 1.82) is 0 Å². The average Bonchev–Trinajstić information content (AvgIpc) is 3.09. The summed E-state index contributed by atoms with van der Waals surface area (Å²) in [6.07, 6.45) is 0.247. The van der Waals surface area contributed by atoms with Gasteiger partial charge in [-0.15, -0.1) is 0 Å². The molecule has 0 aliphatic carbocycles. The number of furan rings is 1. The Balaban J connectivity index is 1.69. The number of amides is 3. The lowest BCUT2D eigenvalue weighted by molar-refractivity contribution is -0.129. The number of carbonyl (C=O) groups excluding carboxylic acids is 3. The minimum absolute atomic E-state index is 0.0110. The molecule has 1 unspecified atom stereocenters. The van der Waals surface area contributed by atoms with Gasteiger partial charge in [-0.3, -0.25) is 14.4 Å². The van der Waals surface area contributed by atoms with Gasteiger partial charge in [0.15, 0.2) is 10.4 Å². The summed E-state index contributed by atoms with van der Waals surface area (Å²) in [5.74, 6) is -0.598. The van der Waals surface area contributed by atoms with E-state index in [4.69, 9.17) is 4.42 Å². The summed E-state index contributed by atoms with van der Waals surface area (Å²) in [6, 6.07) is 3.30. The van der Waals surface area contributed by atoms with Crippen molar-refractivity contribution in [2.45, 2.75) is 26.3 Å². The fourth-order valence-electron chi connectivity index (χ4n) is 2.44. The molecule has 0 aromatic carbocycles. The molecular weight excluding hydrogens is 366 g/mol. The van der Waals surface area contributed by atoms with Crippen LogP contribution in [0.15, 0.2) is 21.2 Å². The molecule has 1 fully saturated rings. The van der Waals surface area contributed by atoms with Gasteiger partial charge in [0.05, 0.1) is 5.92 Å². The van der Waals surface area contributed by atoms with Gasteiger partial charge in [0, 0.05) is 32.1 Å². The van der Waals surface area contributed by atoms with Crippen molar-refractivity contribution in [3.63, 3.8) is 0 Å². The summed E-state index contributed by atoms with van der Waals surface area (Å²) in [7, 11) is 0. The molecular formula is C15H20BrN3O4. The van der Waals surface area contributed by atoms with Gasteiger partial charge in [-0.1, -0.05) is 0 Å². The van der Waals surface area contributed by atoms with E-state index < -0.39 is 0 Å². The number of halogens is 1. The molecule has 2 N–H and O–H groups in total. The van der Waals surface area contributed by atoms with Crippen LogP contribution in [0.4, 0.5) is 0 Å². The molecule has 3 amide bonds. The first kappa shape index (κ1) is 17.5. The lowest BCUT2D eigenvalue weighted by Crippen LogP contribution is -2.39. The summed E-state index contributed by atoms with van der Waals surface area (Å²) >= 11 is 3.12. The number of hydrogen-bond donors (Lipinski definition) is 2. The molecule has 23 heavy (non-hydrogen) atoms. The zero-order chi connectivity index (χ0) is 17.0. The van der Waals surface area contributed by atoms with Crippen molar-refractivity contribution in [2.24, 2.45) is 5.92 Å². The van der Waals surface area contributed by atoms with Crippen LogP contribution in [-0.2, 0) is 9.59 Å². The molecule has 2 heterocycles. The Kier molecular flexibility index (Phi) is 5.81. The van der Waals surface area contributed by atoms with Crippen LogP contribution >= 0.6 is 15.9 Å². The van der Waals surface area contributed by atoms with E-state index >= 15 is 0 Å². The SMILES string of the molecule is CC(C)N1CC(C(=O)NCCNC(=O)c2ccc(Br)o2)CC1=O. The first-order chi connectivity index (χ1) is 10.9. The van der Waals surface area contributed by atoms with E-state index in [1.807, 2.05) is 13.8 Å². The Bertz CT molecular complexity index is 599. The highest BCUT2D eigenvalue weighted by Crippen LogP contribution is 2.20. The van der Waals surface area contributed by atoms with Crippen molar-refractivity contribution in [3.05, 3.63) is 22.6 Å². The van der Waals surface area contributed by atoms with Crippen LogP contribution < -0.4 is 10.6 Å². The maximum Gasteiger partial charge on any atom is 0.287 e. The predicted octanol–water partition coefficient (Wildman–Crippen LogP) is 1.15. The summed E-state index contributed by atoms with van der Waals surface area (Å²) < 4.78 is 5.61. The normalized spacial score (nSPS) is 17.7. The molecule has 8 heteroatoms. The Labute approximate surface area is 142 Å². The van der Waals surface area contributed by atoms with Crippen molar-refractivity contribution >= 4 is 33.7 Å². The van der Waals surface area contributed by atoms with Crippen LogP contribution in [0.5, 0.6) is 0 Å². The number of carbonyl (C=O) groups is 3. The van der Waals surface area contributed by atoms with Gasteiger partial charge in [-0.25, -0.2) is 0 Å². The number of likely N-dealkylation sites (tertiary alicyclic amines) is 1. The monoisotopic (exact) mass is 385 g/mol. The average molecular weight is 386 g/mol. The van der Waals surface area contributed by atoms with E-state index in [-0.39, 0.29) is 48.4 Å². The molecule has 1 aliphatic heterocycles. The largest absolute Gasteiger partial charge is 0.444 e. The van der Waals surface area contributed by atoms with Gasteiger partial charge in [0.1, 0.15) is 0 Å². The van der Waals surface area contributed by atoms with E-state index in [0.717, 1.165) is 0 Å². The summed E-state index contributed by atoms with van der Waals surface area (Å²) in [5.41, 5.74) is 0. The Morgan fingerprint density at radius 1 is 1.35 bits per heavy atom. The first-order valence-electron chi connectivity index (χ1n) is 7.49. The van der Waals surface area contributed by atoms with Gasteiger partial charge < -0.3 is 20.0 Å². The van der Waals surface area contributed by atoms with Crippen molar-refractivity contribution in [2.75, 3.05) is 19.6 Å². The van der Waals surface area contributed by atoms with Crippen LogP contribution in [0.25, 0.3) is 0 Å². The van der Waals surface area contributed by atoms with Gasteiger partial charge in [-0.05, 0) is 41.9 Å². The van der Waals surface area contributed by atoms with E-state index in [9.17, 15) is 14.4 Å². The molecule has 126 valence electrons. The van der Waals surface area contributed by atoms with Crippen LogP contribution in [0, 0.1) is 5.92 Å². The second-order valence-corrected chi connectivity index (χ2v) is 6.47. The molecule has 1 atom stereocenters. The molecule has 0 saturated carbocycles. The molecule has 1 saturated heterocycles. The third kappa shape index (κ3) is 4.57. The minimum atomic E-state index is -0.341. The maximum atomic E-state index is 12.0. The number of rotatable bonds is 6. The van der Waals surface area contributed by atoms with Crippen LogP contribution in [0.1, 0.15) is 30.8 Å². The second kappa shape index (κ2) is 7.63. The molecule has 0 bridgehead atoms. The third-order valence-corrected chi connectivity index (χ3v) is 4.09. The molecule has 0 spiro atoms. The highest BCUT2D eigenvalue weighted by atomic mass is 79.9. The zero-order valence-corrected chi connectivity index (χ0v) is 14.7. The van der Waals surface area contributed by atoms with Crippen LogP contribution in [0.2, 0.25) is 0 Å². The lowest BCUT2D eigenvalue weighted by atomic mass is 10.1.